The molecule has 31 heteroatoms. The third-order valence-electron chi connectivity index (χ3n) is 29.8. The first kappa shape index (κ1) is 112. The number of benzene rings is 1. The van der Waals surface area contributed by atoms with E-state index >= 15 is 4.79 Å². The summed E-state index contributed by atoms with van der Waals surface area (Å²) in [5.74, 6) is -1.67. The molecule has 1 aromatic carbocycles. The van der Waals surface area contributed by atoms with Crippen LogP contribution in [-0.2, 0) is 104 Å². The highest BCUT2D eigenvalue weighted by Gasteiger charge is 2.51. The number of aromatic nitrogens is 5. The number of aliphatic imine (C=N–C) groups is 1. The smallest absolute Gasteiger partial charge is 0.256 e. The van der Waals surface area contributed by atoms with Crippen molar-refractivity contribution in [1.29, 1.82) is 0 Å². The van der Waals surface area contributed by atoms with Crippen molar-refractivity contribution in [3.63, 3.8) is 0 Å². The summed E-state index contributed by atoms with van der Waals surface area (Å²) in [6.45, 7) is 37.4. The molecule has 6 aliphatic heterocycles. The largest absolute Gasteiger partial charge is 0.379 e. The number of amides is 3. The van der Waals surface area contributed by atoms with Gasteiger partial charge in [0.25, 0.3) is 17.5 Å². The van der Waals surface area contributed by atoms with E-state index < -0.39 is 35.6 Å². The highest BCUT2D eigenvalue weighted by molar-refractivity contribution is 6.34. The van der Waals surface area contributed by atoms with E-state index in [1.165, 1.54) is 22.9 Å². The molecule has 3 amide bonds. The first-order valence-corrected chi connectivity index (χ1v) is 52.0. The van der Waals surface area contributed by atoms with Crippen molar-refractivity contribution >= 4 is 83.0 Å². The van der Waals surface area contributed by atoms with Gasteiger partial charge in [-0.2, -0.15) is 15.1 Å². The van der Waals surface area contributed by atoms with Crippen LogP contribution in [0, 0.1) is 53.8 Å². The first-order chi connectivity index (χ1) is 68.4. The molecule has 776 valence electrons. The Bertz CT molecular complexity index is 5190. The average Bonchev–Trinajstić information content (AvgIpc) is 1.55. The van der Waals surface area contributed by atoms with Crippen molar-refractivity contribution in [3.05, 3.63) is 164 Å². The standard InChI is InChI=1S/C111H161N15O16/c1-18-76(5)82(11)102-103(90(59-74(2)3)64-87-34-43-115-84(87)13)121-125(106(102)113-16)69-85-29-30-89-70-124(46-36-88(89)63-85)101(132)37-51-136-53-55-138-57-58-139-56-54-137-52-44-116-107(134)94-68-118-109(120-105(94)112-15)123-49-47-122(48-50-123)108-117-67-91(95(119-108)35-42-114-73-128)72-140-92-32-40-110(14,41-33-92)39-31-86-65-98(130)81(10)61-78(7)79(8)62-97(129)80(9)60-75(4)25-20-19-21-26-77(6)99(135-17)66-93-27-24-38-111(141-93,100(131)71-127)142-126-45-23-22-28-96(126)104(133)83(86)12/h19-21,25-26,29-30,34,43,59,61,63-64,67-68,71,73,75-76,79-81,83,86,92-93,96,99,115H,18,22-24,27-28,31-33,35-42,44-58,60,62,65-66,69-70,72H2,1-17H3,(H,114,128)(H,116,134)(H,112,118,120)/b21-19+,25-20+,77-26+,78-61+,90-64+,102-82+,113-106?/t75?,76?,79?,80?,81?,83?,86?,92?,93?,96?,99?,110?,111-/m0/s1. The zero-order chi connectivity index (χ0) is 102. The zero-order valence-corrected chi connectivity index (χ0v) is 87.7. The summed E-state index contributed by atoms with van der Waals surface area (Å²) >= 11 is 0. The van der Waals surface area contributed by atoms with Crippen LogP contribution in [0.4, 0.5) is 17.7 Å². The summed E-state index contributed by atoms with van der Waals surface area (Å²) in [5, 5.41) is 17.8. The Morgan fingerprint density at radius 2 is 1.48 bits per heavy atom. The fourth-order valence-corrected chi connectivity index (χ4v) is 20.2. The number of hydrogen-bond donors (Lipinski definition) is 4. The Morgan fingerprint density at radius 1 is 0.768 bits per heavy atom. The van der Waals surface area contributed by atoms with Gasteiger partial charge in [0.15, 0.2) is 17.9 Å². The summed E-state index contributed by atoms with van der Waals surface area (Å²) < 4.78 is 42.4. The quantitative estimate of drug-likeness (QED) is 0.0106. The number of anilines is 3. The average molecular weight is 1960 g/mol. The van der Waals surface area contributed by atoms with Gasteiger partial charge in [0, 0.05) is 171 Å². The van der Waals surface area contributed by atoms with Crippen LogP contribution in [0.15, 0.2) is 129 Å². The number of methoxy groups -OCH3 is 1. The van der Waals surface area contributed by atoms with E-state index in [0.29, 0.717) is 199 Å². The van der Waals surface area contributed by atoms with E-state index in [0.717, 1.165) is 119 Å². The van der Waals surface area contributed by atoms with Crippen LogP contribution in [0.3, 0.4) is 0 Å². The number of nitrogens with one attached hydrogen (secondary N) is 4. The lowest BCUT2D eigenvalue weighted by molar-refractivity contribution is -0.360. The number of Topliss-reactive ketones (excluding diaryl/α,β-unsaturated/α-hetero) is 4. The molecule has 0 spiro atoms. The number of carbonyl (C=O) groups excluding carboxylic acids is 8. The molecule has 31 nitrogen and oxygen atoms in total. The molecule has 1 saturated carbocycles. The molecule has 4 N–H and O–H groups in total. The van der Waals surface area contributed by atoms with Gasteiger partial charge in [-0.15, -0.1) is 0 Å². The van der Waals surface area contributed by atoms with Gasteiger partial charge in [0.1, 0.15) is 28.7 Å². The van der Waals surface area contributed by atoms with Crippen LogP contribution in [0.1, 0.15) is 255 Å². The molecule has 4 fully saturated rings. The topological polar surface area (TPSA) is 355 Å². The van der Waals surface area contributed by atoms with Crippen LogP contribution in [0.2, 0.25) is 0 Å². The maximum atomic E-state index is 15.4. The summed E-state index contributed by atoms with van der Waals surface area (Å²) in [7, 11) is 5.21. The number of carbonyl (C=O) groups is 8. The lowest BCUT2D eigenvalue weighted by Crippen LogP contribution is -2.58. The molecule has 4 aromatic rings. The lowest BCUT2D eigenvalue weighted by atomic mass is 9.69. The number of hydroxylamine groups is 2. The normalized spacial score (nSPS) is 26.7. The second-order valence-corrected chi connectivity index (χ2v) is 40.7. The molecule has 0 radical (unpaired) electrons. The molecule has 9 heterocycles. The minimum absolute atomic E-state index is 0.0271. The summed E-state index contributed by atoms with van der Waals surface area (Å²) in [6.07, 6.45) is 34.0. The van der Waals surface area contributed by atoms with Gasteiger partial charge in [-0.25, -0.2) is 20.0 Å². The van der Waals surface area contributed by atoms with Gasteiger partial charge in [-0.3, -0.25) is 48.2 Å². The number of piperidine rings is 1. The van der Waals surface area contributed by atoms with Crippen LogP contribution in [-0.4, -0.2) is 256 Å². The molecular formula is C111H161N15O16. The van der Waals surface area contributed by atoms with Gasteiger partial charge >= 0.3 is 0 Å². The number of aromatic amines is 1. The fourth-order valence-electron chi connectivity index (χ4n) is 20.2. The maximum absolute atomic E-state index is 15.4. The Labute approximate surface area is 842 Å². The molecule has 11 atom stereocenters. The minimum atomic E-state index is -1.92. The molecule has 7 aliphatic rings. The van der Waals surface area contributed by atoms with Crippen molar-refractivity contribution in [2.24, 2.45) is 56.9 Å². The molecular weight excluding hydrogens is 1800 g/mol. The van der Waals surface area contributed by atoms with Crippen molar-refractivity contribution in [2.45, 2.75) is 275 Å². The number of nitrogens with zero attached hydrogens (tertiary/aromatic N) is 11. The number of H-pyrrole nitrogens is 1. The number of aryl methyl sites for hydroxylation is 1. The van der Waals surface area contributed by atoms with Crippen molar-refractivity contribution in [3.8, 4) is 0 Å². The number of ether oxygens (including phenoxy) is 7. The molecule has 10 unspecified atom stereocenters. The number of aldehydes is 1. The molecule has 3 saturated heterocycles. The number of hydrazone groups is 1. The summed E-state index contributed by atoms with van der Waals surface area (Å²) in [6, 6.07) is 7.93. The third-order valence-corrected chi connectivity index (χ3v) is 29.8. The monoisotopic (exact) mass is 1960 g/mol. The molecule has 142 heavy (non-hydrogen) atoms. The number of fused-ring (bicyclic) bond motifs is 4. The van der Waals surface area contributed by atoms with Gasteiger partial charge in [-0.1, -0.05) is 133 Å². The van der Waals surface area contributed by atoms with Gasteiger partial charge < -0.3 is 68.8 Å². The predicted octanol–water partition coefficient (Wildman–Crippen LogP) is 16.1. The van der Waals surface area contributed by atoms with Crippen LogP contribution < -0.4 is 25.8 Å². The van der Waals surface area contributed by atoms with Crippen LogP contribution in [0.25, 0.3) is 6.08 Å². The third kappa shape index (κ3) is 31.9. The fraction of sp³-hybridized carbons (Fsp3) is 0.622. The Hall–Kier alpha value is -10.2. The number of amidine groups is 1. The SMILES string of the molecule is CCC(C)/C(C)=C1\C(/C(C=C(C)C)=C/c2cc[nH]c2C)=NN(Cc2ccc3c(c2)CCN(C(=O)CCOCCOCCOCCOCCNC(=O)c2cnc(N4CCN(c5ncc(COC6CCC(C)(CCC7CC(=O)C(C)/C=C(\C)C(C)CC(=O)C(C)CC(C)/C=C/C=C/C=C(\C)C(OC)CC8CCC[C@](C(=O)C=O)(O8)ON8CCCCC8C(=O)C7C)CC6)c(CCNC=O)n5)CC4)nc2NC)C3)C1=NC. The zero-order valence-electron chi connectivity index (χ0n) is 87.7. The van der Waals surface area contributed by atoms with Gasteiger partial charge in [0.2, 0.25) is 24.2 Å². The second-order valence-electron chi connectivity index (χ2n) is 40.7. The summed E-state index contributed by atoms with van der Waals surface area (Å²) in [5.41, 5.74) is 15.0. The number of piperazine rings is 1. The number of allylic oxidation sites excluding steroid dienone is 11. The first-order valence-electron chi connectivity index (χ1n) is 52.0. The highest BCUT2D eigenvalue weighted by Crippen LogP contribution is 2.45. The molecule has 3 aromatic heterocycles. The molecule has 2 bridgehead atoms. The number of ketones is 4. The van der Waals surface area contributed by atoms with Crippen molar-refractivity contribution < 1.29 is 76.4 Å². The molecule has 11 rings (SSSR count). The summed E-state index contributed by atoms with van der Waals surface area (Å²) in [4.78, 5) is 149. The second kappa shape index (κ2) is 55.7. The number of rotatable bonds is 39. The minimum Gasteiger partial charge on any atom is -0.379 e. The van der Waals surface area contributed by atoms with Crippen LogP contribution >= 0.6 is 0 Å². The Morgan fingerprint density at radius 3 is 2.15 bits per heavy atom. The van der Waals surface area contributed by atoms with E-state index in [9.17, 15) is 33.6 Å². The Kier molecular flexibility index (Phi) is 44.0. The van der Waals surface area contributed by atoms with Crippen molar-refractivity contribution in [1.82, 2.24) is 50.5 Å². The van der Waals surface area contributed by atoms with E-state index in [1.807, 2.05) is 89.3 Å². The molecule has 1 aliphatic carbocycles. The maximum Gasteiger partial charge on any atom is 0.256 e. The predicted molar refractivity (Wildman–Crippen MR) is 555 cm³/mol. The van der Waals surface area contributed by atoms with Gasteiger partial charge in [0.05, 0.1) is 102 Å². The Balaban J connectivity index is 0.589. The van der Waals surface area contributed by atoms with E-state index in [4.69, 9.17) is 63.0 Å². The lowest BCUT2D eigenvalue weighted by Gasteiger charge is -2.45. The van der Waals surface area contributed by atoms with E-state index in [1.54, 1.807) is 19.2 Å². The van der Waals surface area contributed by atoms with E-state index in [2.05, 4.69) is 146 Å². The van der Waals surface area contributed by atoms with Crippen molar-refractivity contribution in [2.75, 3.05) is 142 Å². The number of hydrogen-bond acceptors (Lipinski definition) is 26. The van der Waals surface area contributed by atoms with Gasteiger partial charge in [-0.05, 0) is 200 Å². The highest BCUT2D eigenvalue weighted by atomic mass is 16.8. The van der Waals surface area contributed by atoms with E-state index in [-0.39, 0.29) is 116 Å². The van der Waals surface area contributed by atoms with Crippen LogP contribution in [0.5, 0.6) is 0 Å².